The summed E-state index contributed by atoms with van der Waals surface area (Å²) in [6.45, 7) is 9.41. The van der Waals surface area contributed by atoms with Gasteiger partial charge in [0.25, 0.3) is 0 Å². The average Bonchev–Trinajstić information content (AvgIpc) is 2.41. The normalized spacial score (nSPS) is 11.5. The monoisotopic (exact) mass is 347 g/mol. The van der Waals surface area contributed by atoms with Crippen LogP contribution in [0.4, 0.5) is 0 Å². The molecule has 112 valence electrons. The lowest BCUT2D eigenvalue weighted by molar-refractivity contribution is 0.424. The van der Waals surface area contributed by atoms with E-state index >= 15 is 0 Å². The van der Waals surface area contributed by atoms with Crippen molar-refractivity contribution < 1.29 is 4.74 Å². The number of aryl methyl sites for hydroxylation is 1. The van der Waals surface area contributed by atoms with Crippen molar-refractivity contribution in [2.45, 2.75) is 39.8 Å². The first kappa shape index (κ1) is 16.1. The quantitative estimate of drug-likeness (QED) is 0.795. The van der Waals surface area contributed by atoms with Gasteiger partial charge in [0.15, 0.2) is 0 Å². The molecule has 0 aromatic heterocycles. The molecule has 0 heterocycles. The number of hydrogen-bond acceptors (Lipinski definition) is 2. The Hall–Kier alpha value is -1.32. The third kappa shape index (κ3) is 5.18. The Morgan fingerprint density at radius 2 is 1.71 bits per heavy atom. The van der Waals surface area contributed by atoms with E-state index in [1.165, 1.54) is 5.56 Å². The fraction of sp³-hybridized carbons (Fsp3) is 0.333. The molecule has 2 nitrogen and oxygen atoms in total. The zero-order valence-corrected chi connectivity index (χ0v) is 14.6. The Balaban J connectivity index is 2.04. The van der Waals surface area contributed by atoms with E-state index in [9.17, 15) is 0 Å². The number of benzene rings is 2. The Morgan fingerprint density at radius 3 is 2.33 bits per heavy atom. The number of ether oxygens (including phenoxy) is 1. The third-order valence-electron chi connectivity index (χ3n) is 3.12. The van der Waals surface area contributed by atoms with E-state index in [2.05, 4.69) is 54.2 Å². The molecule has 2 rings (SSSR count). The molecule has 0 fully saturated rings. The highest BCUT2D eigenvalue weighted by atomic mass is 79.9. The highest BCUT2D eigenvalue weighted by molar-refractivity contribution is 9.10. The standard InChI is InChI=1S/C18H22BrNO/c1-13-5-8-15(19)11-17(13)21-16-9-6-14(7-10-16)12-20-18(2,3)4/h5-11,20H,12H2,1-4H3. The summed E-state index contributed by atoms with van der Waals surface area (Å²) in [5.74, 6) is 1.74. The molecule has 0 amide bonds. The maximum Gasteiger partial charge on any atom is 0.131 e. The van der Waals surface area contributed by atoms with Crippen LogP contribution in [0.15, 0.2) is 46.9 Å². The molecule has 2 aromatic carbocycles. The molecule has 0 aliphatic heterocycles. The van der Waals surface area contributed by atoms with Crippen LogP contribution in [0.5, 0.6) is 11.5 Å². The average molecular weight is 348 g/mol. The minimum absolute atomic E-state index is 0.128. The number of halogens is 1. The predicted octanol–water partition coefficient (Wildman–Crippen LogP) is 5.44. The summed E-state index contributed by atoms with van der Waals surface area (Å²) < 4.78 is 6.96. The van der Waals surface area contributed by atoms with E-state index in [1.54, 1.807) is 0 Å². The lowest BCUT2D eigenvalue weighted by Crippen LogP contribution is -2.34. The minimum atomic E-state index is 0.128. The second-order valence-electron chi connectivity index (χ2n) is 6.26. The van der Waals surface area contributed by atoms with E-state index in [0.717, 1.165) is 28.1 Å². The molecule has 0 saturated carbocycles. The molecular weight excluding hydrogens is 326 g/mol. The zero-order valence-electron chi connectivity index (χ0n) is 13.0. The van der Waals surface area contributed by atoms with Gasteiger partial charge in [-0.25, -0.2) is 0 Å². The summed E-state index contributed by atoms with van der Waals surface area (Å²) in [5, 5.41) is 3.48. The van der Waals surface area contributed by atoms with E-state index < -0.39 is 0 Å². The van der Waals surface area contributed by atoms with Crippen molar-refractivity contribution in [3.63, 3.8) is 0 Å². The van der Waals surface area contributed by atoms with E-state index in [1.807, 2.05) is 37.3 Å². The van der Waals surface area contributed by atoms with Crippen LogP contribution < -0.4 is 10.1 Å². The summed E-state index contributed by atoms with van der Waals surface area (Å²) in [6, 6.07) is 14.3. The van der Waals surface area contributed by atoms with Gasteiger partial charge in [-0.3, -0.25) is 0 Å². The molecule has 0 saturated heterocycles. The van der Waals surface area contributed by atoms with Crippen molar-refractivity contribution in [2.24, 2.45) is 0 Å². The third-order valence-corrected chi connectivity index (χ3v) is 3.62. The second kappa shape index (κ2) is 6.63. The van der Waals surface area contributed by atoms with Crippen LogP contribution in [0.25, 0.3) is 0 Å². The molecule has 1 N–H and O–H groups in total. The number of nitrogens with one attached hydrogen (secondary N) is 1. The Kier molecular flexibility index (Phi) is 5.07. The number of rotatable bonds is 4. The van der Waals surface area contributed by atoms with Crippen LogP contribution >= 0.6 is 15.9 Å². The molecule has 21 heavy (non-hydrogen) atoms. The lowest BCUT2D eigenvalue weighted by Gasteiger charge is -2.20. The molecule has 0 atom stereocenters. The summed E-state index contributed by atoms with van der Waals surface area (Å²) in [4.78, 5) is 0. The smallest absolute Gasteiger partial charge is 0.131 e. The molecule has 0 radical (unpaired) electrons. The summed E-state index contributed by atoms with van der Waals surface area (Å²) in [5.41, 5.74) is 2.50. The van der Waals surface area contributed by atoms with Crippen LogP contribution in [0.1, 0.15) is 31.9 Å². The first-order chi connectivity index (χ1) is 9.83. The van der Waals surface area contributed by atoms with Gasteiger partial charge in [-0.2, -0.15) is 0 Å². The van der Waals surface area contributed by atoms with Crippen molar-refractivity contribution in [2.75, 3.05) is 0 Å². The molecule has 2 aromatic rings. The summed E-state index contributed by atoms with van der Waals surface area (Å²) in [7, 11) is 0. The Morgan fingerprint density at radius 1 is 1.05 bits per heavy atom. The molecule has 0 aliphatic carbocycles. The highest BCUT2D eigenvalue weighted by Gasteiger charge is 2.08. The van der Waals surface area contributed by atoms with Crippen LogP contribution in [-0.4, -0.2) is 5.54 Å². The fourth-order valence-electron chi connectivity index (χ4n) is 1.85. The summed E-state index contributed by atoms with van der Waals surface area (Å²) in [6.07, 6.45) is 0. The Labute approximate surface area is 135 Å². The minimum Gasteiger partial charge on any atom is -0.457 e. The van der Waals surface area contributed by atoms with Gasteiger partial charge in [0.05, 0.1) is 0 Å². The molecule has 0 aliphatic rings. The van der Waals surface area contributed by atoms with Gasteiger partial charge in [0.2, 0.25) is 0 Å². The molecule has 3 heteroatoms. The first-order valence-electron chi connectivity index (χ1n) is 7.11. The van der Waals surface area contributed by atoms with Gasteiger partial charge < -0.3 is 10.1 Å². The largest absolute Gasteiger partial charge is 0.457 e. The van der Waals surface area contributed by atoms with Crippen molar-refractivity contribution in [1.82, 2.24) is 5.32 Å². The predicted molar refractivity (Wildman–Crippen MR) is 92.0 cm³/mol. The SMILES string of the molecule is Cc1ccc(Br)cc1Oc1ccc(CNC(C)(C)C)cc1. The van der Waals surface area contributed by atoms with Crippen molar-refractivity contribution in [3.8, 4) is 11.5 Å². The lowest BCUT2D eigenvalue weighted by atomic mass is 10.1. The second-order valence-corrected chi connectivity index (χ2v) is 7.18. The van der Waals surface area contributed by atoms with Gasteiger partial charge in [0.1, 0.15) is 11.5 Å². The molecule has 0 unspecified atom stereocenters. The molecular formula is C18H22BrNO. The fourth-order valence-corrected chi connectivity index (χ4v) is 2.19. The molecule has 0 spiro atoms. The highest BCUT2D eigenvalue weighted by Crippen LogP contribution is 2.28. The van der Waals surface area contributed by atoms with E-state index in [4.69, 9.17) is 4.74 Å². The summed E-state index contributed by atoms with van der Waals surface area (Å²) >= 11 is 3.47. The van der Waals surface area contributed by atoms with Crippen molar-refractivity contribution in [3.05, 3.63) is 58.1 Å². The topological polar surface area (TPSA) is 21.3 Å². The van der Waals surface area contributed by atoms with E-state index in [-0.39, 0.29) is 5.54 Å². The van der Waals surface area contributed by atoms with Gasteiger partial charge >= 0.3 is 0 Å². The first-order valence-corrected chi connectivity index (χ1v) is 7.91. The van der Waals surface area contributed by atoms with Crippen LogP contribution in [-0.2, 0) is 6.54 Å². The van der Waals surface area contributed by atoms with Crippen LogP contribution in [0, 0.1) is 6.92 Å². The van der Waals surface area contributed by atoms with Gasteiger partial charge in [0, 0.05) is 16.6 Å². The van der Waals surface area contributed by atoms with Crippen molar-refractivity contribution >= 4 is 15.9 Å². The maximum atomic E-state index is 5.94. The molecule has 0 bridgehead atoms. The van der Waals surface area contributed by atoms with Crippen LogP contribution in [0.3, 0.4) is 0 Å². The maximum absolute atomic E-state index is 5.94. The van der Waals surface area contributed by atoms with Gasteiger partial charge in [-0.15, -0.1) is 0 Å². The zero-order chi connectivity index (χ0) is 15.5. The number of hydrogen-bond donors (Lipinski definition) is 1. The van der Waals surface area contributed by atoms with Crippen molar-refractivity contribution in [1.29, 1.82) is 0 Å². The van der Waals surface area contributed by atoms with E-state index in [0.29, 0.717) is 0 Å². The van der Waals surface area contributed by atoms with Gasteiger partial charge in [-0.05, 0) is 63.1 Å². The van der Waals surface area contributed by atoms with Gasteiger partial charge in [-0.1, -0.05) is 34.1 Å². The Bertz CT molecular complexity index is 600. The van der Waals surface area contributed by atoms with Crippen LogP contribution in [0.2, 0.25) is 0 Å².